The first-order chi connectivity index (χ1) is 8.66. The first-order valence-electron chi connectivity index (χ1n) is 5.37. The molecule has 1 aromatic carbocycles. The second-order valence-electron chi connectivity index (χ2n) is 3.72. The highest BCUT2D eigenvalue weighted by molar-refractivity contribution is 5.94. The minimum Gasteiger partial charge on any atom is -0.383 e. The Hall–Kier alpha value is -2.56. The molecule has 0 spiro atoms. The molecule has 0 atom stereocenters. The Balaban J connectivity index is 2.19. The van der Waals surface area contributed by atoms with Crippen LogP contribution in [0.2, 0.25) is 0 Å². The molecule has 0 aliphatic heterocycles. The van der Waals surface area contributed by atoms with Crippen LogP contribution >= 0.6 is 0 Å². The molecule has 5 nitrogen and oxygen atoms in total. The molecule has 0 radical (unpaired) electrons. The van der Waals surface area contributed by atoms with Crippen LogP contribution in [0.5, 0.6) is 0 Å². The zero-order valence-electron chi connectivity index (χ0n) is 9.87. The van der Waals surface area contributed by atoms with E-state index in [1.807, 2.05) is 0 Å². The lowest BCUT2D eigenvalue weighted by Crippen LogP contribution is -1.97. The summed E-state index contributed by atoms with van der Waals surface area (Å²) in [6.07, 6.45) is 4.57. The summed E-state index contributed by atoms with van der Waals surface area (Å²) in [5, 5.41) is 0. The average molecular weight is 240 g/mol. The second kappa shape index (κ2) is 5.18. The van der Waals surface area contributed by atoms with Crippen LogP contribution in [-0.2, 0) is 0 Å². The highest BCUT2D eigenvalue weighted by Gasteiger charge is 1.98. The number of hydrogen-bond acceptors (Lipinski definition) is 5. The van der Waals surface area contributed by atoms with Gasteiger partial charge in [0, 0.05) is 18.0 Å². The van der Waals surface area contributed by atoms with Crippen molar-refractivity contribution in [1.29, 1.82) is 0 Å². The van der Waals surface area contributed by atoms with Crippen molar-refractivity contribution in [3.63, 3.8) is 0 Å². The Morgan fingerprint density at radius 2 is 2.06 bits per heavy atom. The number of hydrogen-bond donors (Lipinski definition) is 1. The molecule has 1 heterocycles. The second-order valence-corrected chi connectivity index (χ2v) is 3.72. The Kier molecular flexibility index (Phi) is 3.43. The van der Waals surface area contributed by atoms with Crippen LogP contribution in [0.25, 0.3) is 0 Å². The summed E-state index contributed by atoms with van der Waals surface area (Å²) in [6, 6.07) is 7.01. The lowest BCUT2D eigenvalue weighted by Gasteiger charge is -1.98. The average Bonchev–Trinajstić information content (AvgIpc) is 2.38. The Morgan fingerprint density at radius 3 is 2.67 bits per heavy atom. The molecule has 0 unspecified atom stereocenters. The van der Waals surface area contributed by atoms with Crippen molar-refractivity contribution < 1.29 is 4.79 Å². The quantitative estimate of drug-likeness (QED) is 0.657. The van der Waals surface area contributed by atoms with E-state index in [9.17, 15) is 4.79 Å². The van der Waals surface area contributed by atoms with Gasteiger partial charge in [0.1, 0.15) is 12.1 Å². The summed E-state index contributed by atoms with van der Waals surface area (Å²) in [5.41, 5.74) is 7.72. The Labute approximate surface area is 104 Å². The summed E-state index contributed by atoms with van der Waals surface area (Å²) >= 11 is 0. The minimum absolute atomic E-state index is 0.0335. The molecule has 5 heteroatoms. The summed E-state index contributed by atoms with van der Waals surface area (Å²) in [7, 11) is 0. The van der Waals surface area contributed by atoms with E-state index in [4.69, 9.17) is 5.73 Å². The SMILES string of the molecule is CC(=O)c1ccc(N=Cc2cncnc2N)cc1. The molecule has 0 amide bonds. The van der Waals surface area contributed by atoms with Crippen LogP contribution in [-0.4, -0.2) is 22.0 Å². The molecule has 2 aromatic rings. The van der Waals surface area contributed by atoms with Crippen LogP contribution in [0.15, 0.2) is 41.8 Å². The third-order valence-electron chi connectivity index (χ3n) is 2.40. The van der Waals surface area contributed by atoms with Crippen molar-refractivity contribution in [2.24, 2.45) is 4.99 Å². The highest BCUT2D eigenvalue weighted by atomic mass is 16.1. The number of ketones is 1. The molecule has 2 N–H and O–H groups in total. The fourth-order valence-corrected chi connectivity index (χ4v) is 1.38. The number of aromatic nitrogens is 2. The van der Waals surface area contributed by atoms with Crippen LogP contribution in [0.4, 0.5) is 11.5 Å². The van der Waals surface area contributed by atoms with E-state index in [-0.39, 0.29) is 5.78 Å². The van der Waals surface area contributed by atoms with E-state index in [0.29, 0.717) is 16.9 Å². The van der Waals surface area contributed by atoms with E-state index < -0.39 is 0 Å². The molecule has 0 saturated carbocycles. The third kappa shape index (κ3) is 2.76. The fraction of sp³-hybridized carbons (Fsp3) is 0.0769. The van der Waals surface area contributed by atoms with Crippen LogP contribution in [0, 0.1) is 0 Å². The number of benzene rings is 1. The van der Waals surface area contributed by atoms with Crippen LogP contribution < -0.4 is 5.73 Å². The van der Waals surface area contributed by atoms with Gasteiger partial charge in [-0.2, -0.15) is 0 Å². The summed E-state index contributed by atoms with van der Waals surface area (Å²) in [5.74, 6) is 0.417. The molecule has 1 aromatic heterocycles. The molecular weight excluding hydrogens is 228 g/mol. The van der Waals surface area contributed by atoms with Gasteiger partial charge in [-0.1, -0.05) is 0 Å². The van der Waals surface area contributed by atoms with E-state index in [2.05, 4.69) is 15.0 Å². The maximum atomic E-state index is 11.1. The van der Waals surface area contributed by atoms with Gasteiger partial charge >= 0.3 is 0 Å². The largest absolute Gasteiger partial charge is 0.383 e. The molecule has 0 aliphatic carbocycles. The highest BCUT2D eigenvalue weighted by Crippen LogP contribution is 2.14. The maximum Gasteiger partial charge on any atom is 0.159 e. The summed E-state index contributed by atoms with van der Waals surface area (Å²) in [6.45, 7) is 1.53. The zero-order valence-corrected chi connectivity index (χ0v) is 9.87. The number of anilines is 1. The number of carbonyl (C=O) groups excluding carboxylic acids is 1. The van der Waals surface area contributed by atoms with Gasteiger partial charge in [0.25, 0.3) is 0 Å². The fourth-order valence-electron chi connectivity index (χ4n) is 1.38. The number of carbonyl (C=O) groups is 1. The van der Waals surface area contributed by atoms with Gasteiger partial charge in [0.2, 0.25) is 0 Å². The summed E-state index contributed by atoms with van der Waals surface area (Å²) < 4.78 is 0. The topological polar surface area (TPSA) is 81.2 Å². The van der Waals surface area contributed by atoms with Gasteiger partial charge in [-0.3, -0.25) is 9.79 Å². The molecule has 2 rings (SSSR count). The van der Waals surface area contributed by atoms with Gasteiger partial charge in [-0.05, 0) is 31.2 Å². The minimum atomic E-state index is 0.0335. The van der Waals surface area contributed by atoms with E-state index in [1.165, 1.54) is 13.3 Å². The number of nitrogen functional groups attached to an aromatic ring is 1. The lowest BCUT2D eigenvalue weighted by atomic mass is 10.1. The van der Waals surface area contributed by atoms with E-state index >= 15 is 0 Å². The lowest BCUT2D eigenvalue weighted by molar-refractivity contribution is 0.101. The van der Waals surface area contributed by atoms with Crippen molar-refractivity contribution in [3.8, 4) is 0 Å². The van der Waals surface area contributed by atoms with Crippen molar-refractivity contribution >= 4 is 23.5 Å². The number of Topliss-reactive ketones (excluding diaryl/α,β-unsaturated/α-hetero) is 1. The van der Waals surface area contributed by atoms with Crippen molar-refractivity contribution in [3.05, 3.63) is 47.9 Å². The zero-order chi connectivity index (χ0) is 13.0. The van der Waals surface area contributed by atoms with Crippen LogP contribution in [0.3, 0.4) is 0 Å². The summed E-state index contributed by atoms with van der Waals surface area (Å²) in [4.78, 5) is 23.1. The van der Waals surface area contributed by atoms with Gasteiger partial charge in [-0.15, -0.1) is 0 Å². The molecule has 18 heavy (non-hydrogen) atoms. The monoisotopic (exact) mass is 240 g/mol. The van der Waals surface area contributed by atoms with Gasteiger partial charge in [0.05, 0.1) is 11.3 Å². The van der Waals surface area contributed by atoms with Crippen LogP contribution in [0.1, 0.15) is 22.8 Å². The molecule has 90 valence electrons. The van der Waals surface area contributed by atoms with Gasteiger partial charge in [-0.25, -0.2) is 9.97 Å². The van der Waals surface area contributed by atoms with Crippen molar-refractivity contribution in [1.82, 2.24) is 9.97 Å². The number of nitrogens with zero attached hydrogens (tertiary/aromatic N) is 3. The molecule has 0 bridgehead atoms. The predicted molar refractivity (Wildman–Crippen MR) is 70.1 cm³/mol. The predicted octanol–water partition coefficient (Wildman–Crippen LogP) is 2.01. The molecular formula is C13H12N4O. The standard InChI is InChI=1S/C13H12N4O/c1-9(18)10-2-4-12(5-3-10)16-7-11-6-15-8-17-13(11)14/h2-8H,1H3,(H2,14,15,17). The first-order valence-corrected chi connectivity index (χ1v) is 5.37. The number of rotatable bonds is 3. The number of aliphatic imine (C=N–C) groups is 1. The van der Waals surface area contributed by atoms with E-state index in [0.717, 1.165) is 5.69 Å². The Bertz CT molecular complexity index is 590. The molecule has 0 saturated heterocycles. The third-order valence-corrected chi connectivity index (χ3v) is 2.40. The Morgan fingerprint density at radius 1 is 1.33 bits per heavy atom. The molecule has 0 fully saturated rings. The van der Waals surface area contributed by atoms with E-state index in [1.54, 1.807) is 36.7 Å². The number of nitrogens with two attached hydrogens (primary N) is 1. The first kappa shape index (κ1) is 11.9. The molecule has 0 aliphatic rings. The van der Waals surface area contributed by atoms with Crippen molar-refractivity contribution in [2.75, 3.05) is 5.73 Å². The normalized spacial score (nSPS) is 10.7. The smallest absolute Gasteiger partial charge is 0.159 e. The van der Waals surface area contributed by atoms with Gasteiger partial charge < -0.3 is 5.73 Å². The maximum absolute atomic E-state index is 11.1. The van der Waals surface area contributed by atoms with Gasteiger partial charge in [0.15, 0.2) is 5.78 Å². The van der Waals surface area contributed by atoms with Crippen molar-refractivity contribution in [2.45, 2.75) is 6.92 Å².